The minimum absolute atomic E-state index is 0.392. The third kappa shape index (κ3) is 2.17. The van der Waals surface area contributed by atoms with Crippen molar-refractivity contribution in [1.82, 2.24) is 4.90 Å². The normalized spacial score (nSPS) is 14.9. The van der Waals surface area contributed by atoms with Gasteiger partial charge >= 0.3 is 5.97 Å². The van der Waals surface area contributed by atoms with E-state index in [-0.39, 0.29) is 0 Å². The van der Waals surface area contributed by atoms with Crippen LogP contribution >= 0.6 is 23.2 Å². The van der Waals surface area contributed by atoms with Crippen molar-refractivity contribution in [2.24, 2.45) is 0 Å². The van der Waals surface area contributed by atoms with Gasteiger partial charge in [0.05, 0.1) is 0 Å². The highest BCUT2D eigenvalue weighted by Gasteiger charge is 2.39. The first-order chi connectivity index (χ1) is 7.30. The molecule has 5 heteroatoms. The van der Waals surface area contributed by atoms with E-state index in [1.54, 1.807) is 44.1 Å². The molecule has 0 aliphatic heterocycles. The maximum absolute atomic E-state index is 11.4. The Morgan fingerprint density at radius 2 is 1.94 bits per heavy atom. The molecule has 0 aliphatic rings. The zero-order valence-corrected chi connectivity index (χ0v) is 10.8. The second-order valence-corrected chi connectivity index (χ2v) is 4.74. The van der Waals surface area contributed by atoms with Gasteiger partial charge in [-0.2, -0.15) is 0 Å². The number of halogens is 2. The number of carbonyl (C=O) groups is 1. The molecular weight excluding hydrogens is 249 g/mol. The van der Waals surface area contributed by atoms with E-state index >= 15 is 0 Å². The van der Waals surface area contributed by atoms with Crippen LogP contribution in [0.25, 0.3) is 0 Å². The summed E-state index contributed by atoms with van der Waals surface area (Å²) in [5.74, 6) is -0.971. The molecule has 0 radical (unpaired) electrons. The van der Waals surface area contributed by atoms with Crippen molar-refractivity contribution >= 4 is 29.2 Å². The van der Waals surface area contributed by atoms with Gasteiger partial charge in [0.1, 0.15) is 5.54 Å². The Hall–Kier alpha value is -0.770. The smallest absolute Gasteiger partial charge is 0.328 e. The average Bonchev–Trinajstić information content (AvgIpc) is 2.19. The summed E-state index contributed by atoms with van der Waals surface area (Å²) >= 11 is 11.9. The van der Waals surface area contributed by atoms with Crippen molar-refractivity contribution in [3.05, 3.63) is 33.8 Å². The first kappa shape index (κ1) is 13.3. The van der Waals surface area contributed by atoms with Gasteiger partial charge in [0.2, 0.25) is 0 Å². The third-order valence-corrected chi connectivity index (χ3v) is 3.33. The lowest BCUT2D eigenvalue weighted by molar-refractivity contribution is -0.149. The molecule has 0 fully saturated rings. The SMILES string of the molecule is CN(C)C(C)(C(=O)O)c1cc(Cl)ccc1Cl. The van der Waals surface area contributed by atoms with Gasteiger partial charge in [0, 0.05) is 15.6 Å². The molecule has 0 bridgehead atoms. The van der Waals surface area contributed by atoms with E-state index in [2.05, 4.69) is 0 Å². The monoisotopic (exact) mass is 261 g/mol. The van der Waals surface area contributed by atoms with Crippen LogP contribution in [-0.2, 0) is 10.3 Å². The van der Waals surface area contributed by atoms with Crippen molar-refractivity contribution in [3.63, 3.8) is 0 Å². The highest BCUT2D eigenvalue weighted by molar-refractivity contribution is 6.33. The van der Waals surface area contributed by atoms with Gasteiger partial charge in [-0.1, -0.05) is 23.2 Å². The number of likely N-dealkylation sites (N-methyl/N-ethyl adjacent to an activating group) is 1. The van der Waals surface area contributed by atoms with Crippen LogP contribution in [0.4, 0.5) is 0 Å². The fraction of sp³-hybridized carbons (Fsp3) is 0.364. The van der Waals surface area contributed by atoms with E-state index in [0.717, 1.165) is 0 Å². The lowest BCUT2D eigenvalue weighted by Crippen LogP contribution is -2.45. The van der Waals surface area contributed by atoms with E-state index < -0.39 is 11.5 Å². The minimum Gasteiger partial charge on any atom is -0.480 e. The molecule has 1 rings (SSSR count). The lowest BCUT2D eigenvalue weighted by atomic mass is 9.91. The Kier molecular flexibility index (Phi) is 3.84. The van der Waals surface area contributed by atoms with E-state index in [1.807, 2.05) is 0 Å². The van der Waals surface area contributed by atoms with Gasteiger partial charge in [-0.25, -0.2) is 4.79 Å². The van der Waals surface area contributed by atoms with E-state index in [9.17, 15) is 9.90 Å². The Morgan fingerprint density at radius 1 is 1.38 bits per heavy atom. The molecule has 1 aromatic rings. The van der Waals surface area contributed by atoms with Crippen molar-refractivity contribution in [2.75, 3.05) is 14.1 Å². The lowest BCUT2D eigenvalue weighted by Gasteiger charge is -2.33. The topological polar surface area (TPSA) is 40.5 Å². The number of carboxylic acids is 1. The highest BCUT2D eigenvalue weighted by atomic mass is 35.5. The summed E-state index contributed by atoms with van der Waals surface area (Å²) in [6.45, 7) is 1.59. The van der Waals surface area contributed by atoms with Crippen LogP contribution in [0.15, 0.2) is 18.2 Å². The number of hydrogen-bond donors (Lipinski definition) is 1. The first-order valence-corrected chi connectivity index (χ1v) is 5.42. The molecule has 0 aromatic heterocycles. The predicted octanol–water partition coefficient (Wildman–Crippen LogP) is 2.85. The summed E-state index contributed by atoms with van der Waals surface area (Å²) in [4.78, 5) is 13.0. The molecular formula is C11H13Cl2NO2. The zero-order valence-electron chi connectivity index (χ0n) is 9.29. The Morgan fingerprint density at radius 3 is 2.38 bits per heavy atom. The van der Waals surface area contributed by atoms with Crippen LogP contribution in [0, 0.1) is 0 Å². The minimum atomic E-state index is -1.19. The fourth-order valence-electron chi connectivity index (χ4n) is 1.42. The van der Waals surface area contributed by atoms with Crippen LogP contribution in [0.5, 0.6) is 0 Å². The number of benzene rings is 1. The maximum Gasteiger partial charge on any atom is 0.328 e. The van der Waals surface area contributed by atoms with Gasteiger partial charge < -0.3 is 5.11 Å². The molecule has 0 saturated carbocycles. The molecule has 3 nitrogen and oxygen atoms in total. The molecule has 1 aromatic carbocycles. The van der Waals surface area contributed by atoms with Gasteiger partial charge in [-0.3, -0.25) is 4.90 Å². The maximum atomic E-state index is 11.4. The van der Waals surface area contributed by atoms with E-state index in [0.29, 0.717) is 15.6 Å². The number of hydrogen-bond acceptors (Lipinski definition) is 2. The van der Waals surface area contributed by atoms with Crippen LogP contribution in [0.2, 0.25) is 10.0 Å². The second-order valence-electron chi connectivity index (χ2n) is 3.90. The summed E-state index contributed by atoms with van der Waals surface area (Å²) < 4.78 is 0. The average molecular weight is 262 g/mol. The summed E-state index contributed by atoms with van der Waals surface area (Å²) in [6, 6.07) is 4.81. The van der Waals surface area contributed by atoms with Crippen LogP contribution in [-0.4, -0.2) is 30.1 Å². The van der Waals surface area contributed by atoms with Gasteiger partial charge in [-0.15, -0.1) is 0 Å². The number of aliphatic carboxylic acids is 1. The molecule has 1 atom stereocenters. The highest BCUT2D eigenvalue weighted by Crippen LogP contribution is 2.34. The summed E-state index contributed by atoms with van der Waals surface area (Å²) in [5.41, 5.74) is -0.707. The van der Waals surface area contributed by atoms with Crippen molar-refractivity contribution < 1.29 is 9.90 Å². The number of rotatable bonds is 3. The Bertz CT molecular complexity index is 420. The van der Waals surface area contributed by atoms with Crippen molar-refractivity contribution in [3.8, 4) is 0 Å². The quantitative estimate of drug-likeness (QED) is 0.910. The van der Waals surface area contributed by atoms with Crippen molar-refractivity contribution in [1.29, 1.82) is 0 Å². The molecule has 0 spiro atoms. The van der Waals surface area contributed by atoms with E-state index in [4.69, 9.17) is 23.2 Å². The van der Waals surface area contributed by atoms with Gasteiger partial charge in [0.25, 0.3) is 0 Å². The third-order valence-electron chi connectivity index (χ3n) is 2.76. The summed E-state index contributed by atoms with van der Waals surface area (Å²) in [5, 5.41) is 10.2. The summed E-state index contributed by atoms with van der Waals surface area (Å²) in [6.07, 6.45) is 0. The fourth-order valence-corrected chi connectivity index (χ4v) is 1.89. The van der Waals surface area contributed by atoms with Crippen LogP contribution < -0.4 is 0 Å². The molecule has 1 unspecified atom stereocenters. The molecule has 0 heterocycles. The molecule has 0 amide bonds. The molecule has 0 aliphatic carbocycles. The van der Waals surface area contributed by atoms with Crippen LogP contribution in [0.1, 0.15) is 12.5 Å². The molecule has 88 valence electrons. The zero-order chi connectivity index (χ0) is 12.5. The number of carboxylic acid groups (broad SMARTS) is 1. The van der Waals surface area contributed by atoms with Crippen LogP contribution in [0.3, 0.4) is 0 Å². The summed E-state index contributed by atoms with van der Waals surface area (Å²) in [7, 11) is 3.37. The largest absolute Gasteiger partial charge is 0.480 e. The Labute approximate surface area is 105 Å². The molecule has 0 saturated heterocycles. The predicted molar refractivity (Wildman–Crippen MR) is 65.1 cm³/mol. The Balaban J connectivity index is 3.43. The first-order valence-electron chi connectivity index (χ1n) is 4.66. The number of nitrogens with zero attached hydrogens (tertiary/aromatic N) is 1. The van der Waals surface area contributed by atoms with Gasteiger partial charge in [-0.05, 0) is 39.2 Å². The van der Waals surface area contributed by atoms with Gasteiger partial charge in [0.15, 0.2) is 0 Å². The standard InChI is InChI=1S/C11H13Cl2NO2/c1-11(10(15)16,14(2)3)8-6-7(12)4-5-9(8)13/h4-6H,1-3H3,(H,15,16). The van der Waals surface area contributed by atoms with E-state index in [1.165, 1.54) is 0 Å². The molecule has 16 heavy (non-hydrogen) atoms. The molecule has 1 N–H and O–H groups in total. The second kappa shape index (κ2) is 4.62. The van der Waals surface area contributed by atoms with Crippen molar-refractivity contribution in [2.45, 2.75) is 12.5 Å².